The van der Waals surface area contributed by atoms with E-state index in [0.717, 1.165) is 28.1 Å². The average Bonchev–Trinajstić information content (AvgIpc) is 2.78. The third-order valence-electron chi connectivity index (χ3n) is 2.64. The number of aliphatic hydroxyl groups excluding tert-OH is 1. The van der Waals surface area contributed by atoms with Crippen LogP contribution in [0.3, 0.4) is 0 Å². The smallest absolute Gasteiger partial charge is 0.158 e. The number of hydrogen-bond donors (Lipinski definition) is 2. The minimum atomic E-state index is -0.286. The molecule has 2 rings (SSSR count). The quantitative estimate of drug-likeness (QED) is 0.889. The number of furan rings is 1. The number of halogens is 1. The van der Waals surface area contributed by atoms with Crippen molar-refractivity contribution in [3.05, 3.63) is 46.6 Å². The van der Waals surface area contributed by atoms with Gasteiger partial charge in [-0.1, -0.05) is 28.1 Å². The molecule has 0 spiro atoms. The van der Waals surface area contributed by atoms with E-state index >= 15 is 0 Å². The standard InChI is InChI=1S/C14H16BrNO2/c1-10(17)8-16-9-13-6-7-14(18-13)11-2-4-12(15)5-3-11/h2-7,10,16-17H,8-9H2,1H3/p+1/t10-/m1/s1. The lowest BCUT2D eigenvalue weighted by Crippen LogP contribution is -2.84. The zero-order valence-electron chi connectivity index (χ0n) is 10.3. The first-order valence-electron chi connectivity index (χ1n) is 5.99. The second-order valence-corrected chi connectivity index (χ2v) is 5.27. The number of aliphatic hydroxyl groups is 1. The van der Waals surface area contributed by atoms with Crippen molar-refractivity contribution >= 4 is 15.9 Å². The molecule has 18 heavy (non-hydrogen) atoms. The van der Waals surface area contributed by atoms with Crippen molar-refractivity contribution in [1.82, 2.24) is 0 Å². The lowest BCUT2D eigenvalue weighted by Gasteiger charge is -2.01. The first kappa shape index (κ1) is 13.3. The van der Waals surface area contributed by atoms with Crippen LogP contribution in [0.2, 0.25) is 0 Å². The van der Waals surface area contributed by atoms with Crippen molar-refractivity contribution in [2.45, 2.75) is 19.6 Å². The van der Waals surface area contributed by atoms with E-state index in [4.69, 9.17) is 4.42 Å². The highest BCUT2D eigenvalue weighted by molar-refractivity contribution is 9.10. The molecular weight excluding hydrogens is 294 g/mol. The molecule has 3 nitrogen and oxygen atoms in total. The minimum Gasteiger partial charge on any atom is -0.455 e. The van der Waals surface area contributed by atoms with Gasteiger partial charge >= 0.3 is 0 Å². The van der Waals surface area contributed by atoms with Crippen molar-refractivity contribution in [1.29, 1.82) is 0 Å². The fraction of sp³-hybridized carbons (Fsp3) is 0.286. The molecule has 0 radical (unpaired) electrons. The van der Waals surface area contributed by atoms with Crippen LogP contribution in [0.1, 0.15) is 12.7 Å². The first-order valence-corrected chi connectivity index (χ1v) is 6.79. The van der Waals surface area contributed by atoms with Crippen LogP contribution in [0.4, 0.5) is 0 Å². The van der Waals surface area contributed by atoms with Gasteiger partial charge < -0.3 is 14.8 Å². The largest absolute Gasteiger partial charge is 0.455 e. The molecule has 4 heteroatoms. The Bertz CT molecular complexity index is 491. The van der Waals surface area contributed by atoms with E-state index in [1.807, 2.05) is 41.7 Å². The fourth-order valence-electron chi connectivity index (χ4n) is 1.72. The molecule has 0 bridgehead atoms. The molecule has 0 aliphatic heterocycles. The maximum absolute atomic E-state index is 9.17. The summed E-state index contributed by atoms with van der Waals surface area (Å²) in [6, 6.07) is 12.0. The van der Waals surface area contributed by atoms with E-state index in [9.17, 15) is 5.11 Å². The Morgan fingerprint density at radius 3 is 2.61 bits per heavy atom. The van der Waals surface area contributed by atoms with Crippen LogP contribution in [-0.4, -0.2) is 17.8 Å². The average molecular weight is 311 g/mol. The maximum Gasteiger partial charge on any atom is 0.158 e. The lowest BCUT2D eigenvalue weighted by molar-refractivity contribution is -0.677. The van der Waals surface area contributed by atoms with E-state index in [0.29, 0.717) is 6.54 Å². The Morgan fingerprint density at radius 1 is 1.22 bits per heavy atom. The molecule has 0 fully saturated rings. The van der Waals surface area contributed by atoms with Crippen LogP contribution in [0.15, 0.2) is 45.3 Å². The summed E-state index contributed by atoms with van der Waals surface area (Å²) in [5, 5.41) is 11.2. The molecule has 1 atom stereocenters. The van der Waals surface area contributed by atoms with Crippen LogP contribution >= 0.6 is 15.9 Å². The van der Waals surface area contributed by atoms with Crippen LogP contribution in [0, 0.1) is 0 Å². The Kier molecular flexibility index (Phi) is 4.58. The summed E-state index contributed by atoms with van der Waals surface area (Å²) in [5.41, 5.74) is 1.07. The summed E-state index contributed by atoms with van der Waals surface area (Å²) in [6.07, 6.45) is -0.286. The van der Waals surface area contributed by atoms with Gasteiger partial charge in [0.15, 0.2) is 5.76 Å². The van der Waals surface area contributed by atoms with Crippen LogP contribution in [0.25, 0.3) is 11.3 Å². The molecule has 1 heterocycles. The molecule has 3 N–H and O–H groups in total. The van der Waals surface area contributed by atoms with Crippen molar-refractivity contribution in [2.75, 3.05) is 6.54 Å². The Balaban J connectivity index is 1.99. The molecule has 96 valence electrons. The number of hydrogen-bond acceptors (Lipinski definition) is 2. The van der Waals surface area contributed by atoms with Crippen molar-refractivity contribution < 1.29 is 14.8 Å². The molecule has 0 unspecified atom stereocenters. The lowest BCUT2D eigenvalue weighted by atomic mass is 10.2. The van der Waals surface area contributed by atoms with Gasteiger partial charge in [0.05, 0.1) is 6.10 Å². The van der Waals surface area contributed by atoms with E-state index in [-0.39, 0.29) is 6.10 Å². The molecular formula is C14H17BrNO2+. The maximum atomic E-state index is 9.17. The van der Waals surface area contributed by atoms with E-state index in [1.54, 1.807) is 6.92 Å². The molecule has 0 saturated carbocycles. The summed E-state index contributed by atoms with van der Waals surface area (Å²) in [6.45, 7) is 3.22. The van der Waals surface area contributed by atoms with Gasteiger partial charge in [-0.25, -0.2) is 0 Å². The monoisotopic (exact) mass is 310 g/mol. The van der Waals surface area contributed by atoms with E-state index in [2.05, 4.69) is 15.9 Å². The highest BCUT2D eigenvalue weighted by Crippen LogP contribution is 2.23. The topological polar surface area (TPSA) is 50.0 Å². The Hall–Kier alpha value is -1.10. The second kappa shape index (κ2) is 6.18. The zero-order valence-corrected chi connectivity index (χ0v) is 11.9. The van der Waals surface area contributed by atoms with Crippen molar-refractivity contribution in [3.8, 4) is 11.3 Å². The highest BCUT2D eigenvalue weighted by Gasteiger charge is 2.06. The number of benzene rings is 1. The summed E-state index contributed by atoms with van der Waals surface area (Å²) in [4.78, 5) is 0. The van der Waals surface area contributed by atoms with Crippen LogP contribution in [0.5, 0.6) is 0 Å². The van der Waals surface area contributed by atoms with Gasteiger partial charge in [-0.2, -0.15) is 0 Å². The van der Waals surface area contributed by atoms with E-state index in [1.165, 1.54) is 0 Å². The molecule has 1 aromatic heterocycles. The molecule has 0 amide bonds. The number of quaternary nitrogens is 1. The summed E-state index contributed by atoms with van der Waals surface area (Å²) in [5.74, 6) is 1.80. The summed E-state index contributed by atoms with van der Waals surface area (Å²) in [7, 11) is 0. The van der Waals surface area contributed by atoms with Gasteiger partial charge in [-0.3, -0.25) is 0 Å². The predicted molar refractivity (Wildman–Crippen MR) is 74.0 cm³/mol. The molecule has 2 aromatic rings. The van der Waals surface area contributed by atoms with Crippen molar-refractivity contribution in [2.24, 2.45) is 0 Å². The van der Waals surface area contributed by atoms with Gasteiger partial charge in [-0.15, -0.1) is 0 Å². The number of rotatable bonds is 5. The minimum absolute atomic E-state index is 0.286. The van der Waals surface area contributed by atoms with Crippen LogP contribution in [-0.2, 0) is 6.54 Å². The Labute approximate surface area is 115 Å². The van der Waals surface area contributed by atoms with Gasteiger partial charge in [-0.05, 0) is 31.2 Å². The van der Waals surface area contributed by atoms with Gasteiger partial charge in [0.2, 0.25) is 0 Å². The highest BCUT2D eigenvalue weighted by atomic mass is 79.9. The first-order chi connectivity index (χ1) is 8.65. The van der Waals surface area contributed by atoms with Gasteiger partial charge in [0.25, 0.3) is 0 Å². The van der Waals surface area contributed by atoms with Gasteiger partial charge in [0, 0.05) is 10.0 Å². The summed E-state index contributed by atoms with van der Waals surface area (Å²) < 4.78 is 6.82. The summed E-state index contributed by atoms with van der Waals surface area (Å²) >= 11 is 3.41. The SMILES string of the molecule is C[C@@H](O)C[NH2+]Cc1ccc(-c2ccc(Br)cc2)o1. The zero-order chi connectivity index (χ0) is 13.0. The molecule has 0 saturated heterocycles. The second-order valence-electron chi connectivity index (χ2n) is 4.35. The molecule has 0 aliphatic rings. The molecule has 1 aromatic carbocycles. The Morgan fingerprint density at radius 2 is 1.94 bits per heavy atom. The normalized spacial score (nSPS) is 12.6. The van der Waals surface area contributed by atoms with Gasteiger partial charge in [0.1, 0.15) is 18.8 Å². The number of nitrogens with two attached hydrogens (primary N) is 1. The third kappa shape index (κ3) is 3.70. The fourth-order valence-corrected chi connectivity index (χ4v) is 1.99. The molecule has 0 aliphatic carbocycles. The third-order valence-corrected chi connectivity index (χ3v) is 3.17. The predicted octanol–water partition coefficient (Wildman–Crippen LogP) is 2.15. The van der Waals surface area contributed by atoms with E-state index < -0.39 is 0 Å². The van der Waals surface area contributed by atoms with Crippen molar-refractivity contribution in [3.63, 3.8) is 0 Å². The van der Waals surface area contributed by atoms with Crippen LogP contribution < -0.4 is 5.32 Å².